The van der Waals surface area contributed by atoms with Gasteiger partial charge >= 0.3 is 0 Å². The summed E-state index contributed by atoms with van der Waals surface area (Å²) >= 11 is 0. The van der Waals surface area contributed by atoms with Crippen molar-refractivity contribution in [1.29, 1.82) is 5.26 Å². The Bertz CT molecular complexity index is 309. The highest BCUT2D eigenvalue weighted by Crippen LogP contribution is 2.07. The number of aryl methyl sites for hydroxylation is 1. The van der Waals surface area contributed by atoms with E-state index in [9.17, 15) is 0 Å². The van der Waals surface area contributed by atoms with Crippen molar-refractivity contribution >= 4 is 0 Å². The summed E-state index contributed by atoms with van der Waals surface area (Å²) in [4.78, 5) is 0. The standard InChI is InChI=1S/C10H14N2O/c1-9-4-5-10(8-11)12(9)6-3-7-13-2/h4-5H,3,6-7H2,1-2H3. The van der Waals surface area contributed by atoms with Gasteiger partial charge in [-0.25, -0.2) is 0 Å². The molecule has 3 nitrogen and oxygen atoms in total. The van der Waals surface area contributed by atoms with Crippen LogP contribution in [0.1, 0.15) is 17.8 Å². The Morgan fingerprint density at radius 3 is 2.92 bits per heavy atom. The second-order valence-electron chi connectivity index (χ2n) is 2.97. The summed E-state index contributed by atoms with van der Waals surface area (Å²) in [6.45, 7) is 3.60. The van der Waals surface area contributed by atoms with Gasteiger partial charge in [0.25, 0.3) is 0 Å². The highest BCUT2D eigenvalue weighted by Gasteiger charge is 2.02. The number of hydrogen-bond acceptors (Lipinski definition) is 2. The topological polar surface area (TPSA) is 38.0 Å². The van der Waals surface area contributed by atoms with E-state index in [0.29, 0.717) is 0 Å². The molecule has 13 heavy (non-hydrogen) atoms. The molecule has 1 heterocycles. The Hall–Kier alpha value is -1.27. The van der Waals surface area contributed by atoms with Crippen LogP contribution in [0.15, 0.2) is 12.1 Å². The molecular weight excluding hydrogens is 164 g/mol. The Morgan fingerprint density at radius 1 is 1.54 bits per heavy atom. The van der Waals surface area contributed by atoms with Gasteiger partial charge < -0.3 is 9.30 Å². The van der Waals surface area contributed by atoms with Crippen LogP contribution in [0, 0.1) is 18.3 Å². The van der Waals surface area contributed by atoms with Gasteiger partial charge in [-0.05, 0) is 25.5 Å². The van der Waals surface area contributed by atoms with Crippen molar-refractivity contribution in [3.05, 3.63) is 23.5 Å². The van der Waals surface area contributed by atoms with Gasteiger partial charge in [-0.2, -0.15) is 5.26 Å². The normalized spacial score (nSPS) is 9.92. The molecule has 0 bridgehead atoms. The Kier molecular flexibility index (Phi) is 3.53. The molecule has 1 aromatic rings. The molecule has 0 radical (unpaired) electrons. The maximum absolute atomic E-state index is 8.79. The molecule has 0 saturated heterocycles. The van der Waals surface area contributed by atoms with Crippen LogP contribution in [0.5, 0.6) is 0 Å². The fraction of sp³-hybridized carbons (Fsp3) is 0.500. The molecule has 0 unspecified atom stereocenters. The molecule has 0 aliphatic carbocycles. The molecule has 0 spiro atoms. The van der Waals surface area contributed by atoms with Crippen LogP contribution in [0.4, 0.5) is 0 Å². The van der Waals surface area contributed by atoms with E-state index in [1.165, 1.54) is 0 Å². The zero-order chi connectivity index (χ0) is 9.68. The van der Waals surface area contributed by atoms with Crippen LogP contribution in [-0.2, 0) is 11.3 Å². The lowest BCUT2D eigenvalue weighted by atomic mass is 10.4. The summed E-state index contributed by atoms with van der Waals surface area (Å²) < 4.78 is 6.97. The van der Waals surface area contributed by atoms with Gasteiger partial charge in [-0.1, -0.05) is 0 Å². The summed E-state index contributed by atoms with van der Waals surface area (Å²) in [6, 6.07) is 5.98. The Morgan fingerprint density at radius 2 is 2.31 bits per heavy atom. The minimum atomic E-state index is 0.730. The third kappa shape index (κ3) is 2.33. The fourth-order valence-electron chi connectivity index (χ4n) is 1.33. The lowest BCUT2D eigenvalue weighted by Gasteiger charge is -2.06. The van der Waals surface area contributed by atoms with Crippen LogP contribution in [-0.4, -0.2) is 18.3 Å². The third-order valence-corrected chi connectivity index (χ3v) is 2.04. The first-order valence-electron chi connectivity index (χ1n) is 4.34. The molecular formula is C10H14N2O. The number of nitriles is 1. The van der Waals surface area contributed by atoms with Crippen molar-refractivity contribution in [1.82, 2.24) is 4.57 Å². The average molecular weight is 178 g/mol. The molecule has 3 heteroatoms. The molecule has 0 atom stereocenters. The first kappa shape index (κ1) is 9.82. The van der Waals surface area contributed by atoms with Crippen LogP contribution >= 0.6 is 0 Å². The van der Waals surface area contributed by atoms with E-state index < -0.39 is 0 Å². The van der Waals surface area contributed by atoms with Gasteiger partial charge in [0.05, 0.1) is 0 Å². The predicted octanol–water partition coefficient (Wildman–Crippen LogP) is 1.70. The molecule has 0 fully saturated rings. The monoisotopic (exact) mass is 178 g/mol. The quantitative estimate of drug-likeness (QED) is 0.658. The first-order chi connectivity index (χ1) is 6.29. The van der Waals surface area contributed by atoms with Gasteiger partial charge in [0.15, 0.2) is 0 Å². The van der Waals surface area contributed by atoms with E-state index in [1.54, 1.807) is 7.11 Å². The van der Waals surface area contributed by atoms with Crippen molar-refractivity contribution in [2.45, 2.75) is 19.9 Å². The number of hydrogen-bond donors (Lipinski definition) is 0. The fourth-order valence-corrected chi connectivity index (χ4v) is 1.33. The van der Waals surface area contributed by atoms with Crippen molar-refractivity contribution in [3.63, 3.8) is 0 Å². The summed E-state index contributed by atoms with van der Waals surface area (Å²) in [5.74, 6) is 0. The van der Waals surface area contributed by atoms with Gasteiger partial charge in [-0.15, -0.1) is 0 Å². The molecule has 0 amide bonds. The van der Waals surface area contributed by atoms with Crippen molar-refractivity contribution in [3.8, 4) is 6.07 Å². The maximum Gasteiger partial charge on any atom is 0.120 e. The highest BCUT2D eigenvalue weighted by atomic mass is 16.5. The first-order valence-corrected chi connectivity index (χ1v) is 4.34. The summed E-state index contributed by atoms with van der Waals surface area (Å²) in [5, 5.41) is 8.79. The zero-order valence-corrected chi connectivity index (χ0v) is 8.08. The number of rotatable bonds is 4. The van der Waals surface area contributed by atoms with Crippen LogP contribution < -0.4 is 0 Å². The van der Waals surface area contributed by atoms with E-state index in [0.717, 1.165) is 31.0 Å². The Labute approximate surface area is 78.5 Å². The molecule has 0 aliphatic rings. The number of nitrogens with zero attached hydrogens (tertiary/aromatic N) is 2. The summed E-state index contributed by atoms with van der Waals surface area (Å²) in [7, 11) is 1.69. The largest absolute Gasteiger partial charge is 0.385 e. The number of methoxy groups -OCH3 is 1. The van der Waals surface area contributed by atoms with E-state index in [2.05, 4.69) is 6.07 Å². The molecule has 1 rings (SSSR count). The molecule has 70 valence electrons. The van der Waals surface area contributed by atoms with Gasteiger partial charge in [0.1, 0.15) is 11.8 Å². The van der Waals surface area contributed by atoms with E-state index in [1.807, 2.05) is 23.6 Å². The number of ether oxygens (including phenoxy) is 1. The number of aromatic nitrogens is 1. The highest BCUT2D eigenvalue weighted by molar-refractivity contribution is 5.26. The lowest BCUT2D eigenvalue weighted by Crippen LogP contribution is -2.04. The van der Waals surface area contributed by atoms with E-state index in [-0.39, 0.29) is 0 Å². The van der Waals surface area contributed by atoms with Crippen LogP contribution in [0.25, 0.3) is 0 Å². The Balaban J connectivity index is 2.64. The third-order valence-electron chi connectivity index (χ3n) is 2.04. The predicted molar refractivity (Wildman–Crippen MR) is 50.4 cm³/mol. The average Bonchev–Trinajstić information content (AvgIpc) is 2.48. The van der Waals surface area contributed by atoms with Gasteiger partial charge in [-0.3, -0.25) is 0 Å². The molecule has 0 aliphatic heterocycles. The SMILES string of the molecule is COCCCn1c(C)ccc1C#N. The minimum Gasteiger partial charge on any atom is -0.385 e. The van der Waals surface area contributed by atoms with Gasteiger partial charge in [0.2, 0.25) is 0 Å². The van der Waals surface area contributed by atoms with Crippen LogP contribution in [0.3, 0.4) is 0 Å². The summed E-state index contributed by atoms with van der Waals surface area (Å²) in [5.41, 5.74) is 1.86. The zero-order valence-electron chi connectivity index (χ0n) is 8.08. The second-order valence-corrected chi connectivity index (χ2v) is 2.97. The van der Waals surface area contributed by atoms with Crippen molar-refractivity contribution in [2.75, 3.05) is 13.7 Å². The van der Waals surface area contributed by atoms with E-state index in [4.69, 9.17) is 10.00 Å². The maximum atomic E-state index is 8.79. The van der Waals surface area contributed by atoms with Crippen molar-refractivity contribution in [2.24, 2.45) is 0 Å². The molecule has 0 saturated carbocycles. The molecule has 0 N–H and O–H groups in total. The van der Waals surface area contributed by atoms with Crippen molar-refractivity contribution < 1.29 is 4.74 Å². The second kappa shape index (κ2) is 4.68. The smallest absolute Gasteiger partial charge is 0.120 e. The minimum absolute atomic E-state index is 0.730. The van der Waals surface area contributed by atoms with Crippen LogP contribution in [0.2, 0.25) is 0 Å². The lowest BCUT2D eigenvalue weighted by molar-refractivity contribution is 0.190. The van der Waals surface area contributed by atoms with Gasteiger partial charge in [0, 0.05) is 26.0 Å². The molecule has 0 aromatic carbocycles. The van der Waals surface area contributed by atoms with E-state index >= 15 is 0 Å². The molecule has 1 aromatic heterocycles. The summed E-state index contributed by atoms with van der Waals surface area (Å²) in [6.07, 6.45) is 0.945.